The maximum atomic E-state index is 13.2. The number of hydrogen-bond donors (Lipinski definition) is 6. The van der Waals surface area contributed by atoms with E-state index in [2.05, 4.69) is 67.8 Å². The smallest absolute Gasteiger partial charge is 0.220 e. The molecule has 0 aliphatic carbocycles. The molecule has 528 valence electrons. The van der Waals surface area contributed by atoms with E-state index in [4.69, 9.17) is 9.47 Å². The number of carbonyl (C=O) groups excluding carboxylic acids is 1. The van der Waals surface area contributed by atoms with E-state index < -0.39 is 49.5 Å². The van der Waals surface area contributed by atoms with E-state index in [9.17, 15) is 30.3 Å². The Bertz CT molecular complexity index is 1610. The van der Waals surface area contributed by atoms with Gasteiger partial charge in [-0.05, 0) is 57.8 Å². The van der Waals surface area contributed by atoms with E-state index in [1.807, 2.05) is 6.08 Å². The standard InChI is InChI=1S/C81H151NO8/c1-3-5-7-9-11-13-15-17-19-21-23-25-27-29-31-33-35-36-37-38-39-40-41-43-45-47-49-51-53-55-57-59-61-63-65-67-69-71-77(85)82-74(73-89-81-80(88)79(87)78(86)76(72-83)90-81)75(84)70-68-66-64-62-60-58-56-54-52-50-48-46-44-42-34-32-30-28-26-24-22-20-18-16-14-12-10-8-6-4-2/h5,7,11,13,17,19,23,25,68,70,74-76,78-81,83-84,86-88H,3-4,6,8-10,12,14-16,18,20-22,24,26-67,69,71-73H2,1-2H3,(H,82,85)/b7-5-,13-11-,19-17-,25-23-,70-68+. The number of amides is 1. The van der Waals surface area contributed by atoms with E-state index in [-0.39, 0.29) is 12.5 Å². The van der Waals surface area contributed by atoms with Crippen LogP contribution in [0.2, 0.25) is 0 Å². The molecule has 9 heteroatoms. The van der Waals surface area contributed by atoms with Crippen LogP contribution in [0.25, 0.3) is 0 Å². The van der Waals surface area contributed by atoms with Crippen LogP contribution in [0.3, 0.4) is 0 Å². The second-order valence-electron chi connectivity index (χ2n) is 27.5. The highest BCUT2D eigenvalue weighted by molar-refractivity contribution is 5.76. The molecule has 90 heavy (non-hydrogen) atoms. The number of aliphatic hydroxyl groups excluding tert-OH is 5. The number of nitrogens with one attached hydrogen (secondary N) is 1. The summed E-state index contributed by atoms with van der Waals surface area (Å²) in [5.41, 5.74) is 0. The number of ether oxygens (including phenoxy) is 2. The van der Waals surface area contributed by atoms with E-state index >= 15 is 0 Å². The van der Waals surface area contributed by atoms with Gasteiger partial charge in [-0.1, -0.05) is 389 Å². The third-order valence-corrected chi connectivity index (χ3v) is 18.8. The van der Waals surface area contributed by atoms with Crippen molar-refractivity contribution in [2.24, 2.45) is 0 Å². The largest absolute Gasteiger partial charge is 0.394 e. The van der Waals surface area contributed by atoms with Crippen molar-refractivity contribution in [2.75, 3.05) is 13.2 Å². The van der Waals surface area contributed by atoms with Crippen molar-refractivity contribution in [3.05, 3.63) is 60.8 Å². The first-order valence-corrected chi connectivity index (χ1v) is 39.5. The van der Waals surface area contributed by atoms with Gasteiger partial charge in [-0.2, -0.15) is 0 Å². The molecule has 9 nitrogen and oxygen atoms in total. The molecule has 1 fully saturated rings. The average Bonchev–Trinajstić information content (AvgIpc) is 1.28. The van der Waals surface area contributed by atoms with Gasteiger partial charge in [0.05, 0.1) is 25.4 Å². The van der Waals surface area contributed by atoms with Crippen LogP contribution < -0.4 is 5.32 Å². The summed E-state index contributed by atoms with van der Waals surface area (Å²) in [7, 11) is 0. The number of aliphatic hydroxyl groups is 5. The summed E-state index contributed by atoms with van der Waals surface area (Å²) in [4.78, 5) is 13.2. The highest BCUT2D eigenvalue weighted by Gasteiger charge is 2.44. The van der Waals surface area contributed by atoms with Crippen molar-refractivity contribution < 1.29 is 39.8 Å². The lowest BCUT2D eigenvalue weighted by atomic mass is 9.99. The highest BCUT2D eigenvalue weighted by atomic mass is 16.7. The minimum absolute atomic E-state index is 0.169. The summed E-state index contributed by atoms with van der Waals surface area (Å²) in [5, 5.41) is 54.9. The fraction of sp³-hybridized carbons (Fsp3) is 0.864. The lowest BCUT2D eigenvalue weighted by Gasteiger charge is -2.40. The van der Waals surface area contributed by atoms with Gasteiger partial charge in [0.25, 0.3) is 0 Å². The van der Waals surface area contributed by atoms with Gasteiger partial charge >= 0.3 is 0 Å². The van der Waals surface area contributed by atoms with Gasteiger partial charge in [-0.3, -0.25) is 4.79 Å². The molecule has 1 rings (SSSR count). The molecule has 7 atom stereocenters. The van der Waals surface area contributed by atoms with Gasteiger partial charge < -0.3 is 40.3 Å². The van der Waals surface area contributed by atoms with Crippen LogP contribution >= 0.6 is 0 Å². The van der Waals surface area contributed by atoms with Gasteiger partial charge in [0.2, 0.25) is 5.91 Å². The summed E-state index contributed by atoms with van der Waals surface area (Å²) in [6, 6.07) is -0.806. The Kier molecular flexibility index (Phi) is 66.5. The van der Waals surface area contributed by atoms with Crippen molar-refractivity contribution in [3.8, 4) is 0 Å². The third kappa shape index (κ3) is 57.3. The molecule has 1 aliphatic rings. The van der Waals surface area contributed by atoms with E-state index in [0.717, 1.165) is 64.2 Å². The van der Waals surface area contributed by atoms with Crippen LogP contribution in [-0.2, 0) is 14.3 Å². The monoisotopic (exact) mass is 1270 g/mol. The summed E-state index contributed by atoms with van der Waals surface area (Å²) in [5.74, 6) is -0.169. The van der Waals surface area contributed by atoms with E-state index in [1.165, 1.54) is 308 Å². The molecule has 0 bridgehead atoms. The Morgan fingerprint density at radius 2 is 0.689 bits per heavy atom. The summed E-state index contributed by atoms with van der Waals surface area (Å²) in [6.45, 7) is 3.73. The fourth-order valence-electron chi connectivity index (χ4n) is 12.7. The molecule has 0 saturated carbocycles. The summed E-state index contributed by atoms with van der Waals surface area (Å²) >= 11 is 0. The first-order chi connectivity index (χ1) is 44.3. The predicted molar refractivity (Wildman–Crippen MR) is 387 cm³/mol. The Morgan fingerprint density at radius 1 is 0.389 bits per heavy atom. The molecule has 0 radical (unpaired) electrons. The predicted octanol–water partition coefficient (Wildman–Crippen LogP) is 22.5. The Labute approximate surface area is 557 Å². The van der Waals surface area contributed by atoms with Gasteiger partial charge in [0, 0.05) is 6.42 Å². The fourth-order valence-corrected chi connectivity index (χ4v) is 12.7. The quantitative estimate of drug-likeness (QED) is 0.0261. The first-order valence-electron chi connectivity index (χ1n) is 39.5. The minimum Gasteiger partial charge on any atom is -0.394 e. The van der Waals surface area contributed by atoms with Crippen molar-refractivity contribution >= 4 is 5.91 Å². The average molecular weight is 1270 g/mol. The molecule has 1 amide bonds. The highest BCUT2D eigenvalue weighted by Crippen LogP contribution is 2.24. The number of unbranched alkanes of at least 4 members (excludes halogenated alkanes) is 52. The number of hydrogen-bond acceptors (Lipinski definition) is 8. The molecule has 6 N–H and O–H groups in total. The van der Waals surface area contributed by atoms with Crippen molar-refractivity contribution in [1.29, 1.82) is 0 Å². The zero-order valence-corrected chi connectivity index (χ0v) is 59.4. The zero-order valence-electron chi connectivity index (χ0n) is 59.4. The molecule has 0 aromatic carbocycles. The van der Waals surface area contributed by atoms with Crippen LogP contribution in [0.1, 0.15) is 393 Å². The molecule has 1 heterocycles. The van der Waals surface area contributed by atoms with Crippen LogP contribution in [0.4, 0.5) is 0 Å². The van der Waals surface area contributed by atoms with Crippen molar-refractivity contribution in [2.45, 2.75) is 436 Å². The second-order valence-corrected chi connectivity index (χ2v) is 27.5. The van der Waals surface area contributed by atoms with Crippen LogP contribution in [0, 0.1) is 0 Å². The third-order valence-electron chi connectivity index (χ3n) is 18.8. The number of carbonyl (C=O) groups is 1. The first kappa shape index (κ1) is 85.9. The normalized spacial score (nSPS) is 18.1. The number of allylic oxidation sites excluding steroid dienone is 9. The summed E-state index contributed by atoms with van der Waals surface area (Å²) < 4.78 is 11.3. The topological polar surface area (TPSA) is 149 Å². The van der Waals surface area contributed by atoms with Gasteiger partial charge in [-0.15, -0.1) is 0 Å². The van der Waals surface area contributed by atoms with Gasteiger partial charge in [0.1, 0.15) is 24.4 Å². The Hall–Kier alpha value is -2.11. The van der Waals surface area contributed by atoms with Gasteiger partial charge in [-0.25, -0.2) is 0 Å². The van der Waals surface area contributed by atoms with Crippen molar-refractivity contribution in [3.63, 3.8) is 0 Å². The number of rotatable bonds is 70. The van der Waals surface area contributed by atoms with Crippen molar-refractivity contribution in [1.82, 2.24) is 5.32 Å². The SMILES string of the molecule is CC/C=C\C/C=C\C/C=C\C/C=C\CCCCCCCCCCCCCCCCCCCCCCCCCCC(=O)NC(COC1OC(CO)C(O)C(O)C1O)C(O)/C=C/CCCCCCCCCCCCCCCCCCCCCCCCCCCCCC. The van der Waals surface area contributed by atoms with Crippen LogP contribution in [0.15, 0.2) is 60.8 Å². The van der Waals surface area contributed by atoms with E-state index in [1.54, 1.807) is 6.08 Å². The lowest BCUT2D eigenvalue weighted by Crippen LogP contribution is -2.60. The molecular weight excluding hydrogens is 1110 g/mol. The second kappa shape index (κ2) is 69.7. The van der Waals surface area contributed by atoms with E-state index in [0.29, 0.717) is 6.42 Å². The van der Waals surface area contributed by atoms with Crippen LogP contribution in [0.5, 0.6) is 0 Å². The maximum Gasteiger partial charge on any atom is 0.220 e. The zero-order chi connectivity index (χ0) is 64.9. The summed E-state index contributed by atoms with van der Waals surface area (Å²) in [6.07, 6.45) is 90.8. The van der Waals surface area contributed by atoms with Crippen LogP contribution in [-0.4, -0.2) is 87.5 Å². The minimum atomic E-state index is -1.57. The Balaban J connectivity index is 2.06. The molecular formula is C81H151NO8. The molecule has 1 saturated heterocycles. The Morgan fingerprint density at radius 3 is 1.02 bits per heavy atom. The lowest BCUT2D eigenvalue weighted by molar-refractivity contribution is -0.302. The maximum absolute atomic E-state index is 13.2. The molecule has 0 aromatic rings. The molecule has 1 aliphatic heterocycles. The van der Waals surface area contributed by atoms with Gasteiger partial charge in [0.15, 0.2) is 6.29 Å². The molecule has 0 aromatic heterocycles. The molecule has 7 unspecified atom stereocenters. The molecule has 0 spiro atoms.